The highest BCUT2D eigenvalue weighted by Crippen LogP contribution is 2.31. The Morgan fingerprint density at radius 3 is 2.38 bits per heavy atom. The van der Waals surface area contributed by atoms with Crippen molar-refractivity contribution >= 4 is 50.7 Å². The summed E-state index contributed by atoms with van der Waals surface area (Å²) in [6.45, 7) is 4.97. The minimum Gasteiger partial charge on any atom is -0.495 e. The third-order valence-corrected chi connectivity index (χ3v) is 6.87. The molecule has 2 aromatic carbocycles. The van der Waals surface area contributed by atoms with Crippen LogP contribution in [0.5, 0.6) is 5.75 Å². The Bertz CT molecular complexity index is 1160. The smallest absolute Gasteiger partial charge is 0.244 e. The van der Waals surface area contributed by atoms with Gasteiger partial charge in [-0.1, -0.05) is 35.3 Å². The number of benzene rings is 2. The van der Waals surface area contributed by atoms with Gasteiger partial charge in [0.1, 0.15) is 18.3 Å². The first-order valence-electron chi connectivity index (χ1n) is 10.5. The molecule has 0 aliphatic rings. The number of hydrogen-bond donors (Lipinski definition) is 1. The molecule has 0 spiro atoms. The molecule has 34 heavy (non-hydrogen) atoms. The second-order valence-corrected chi connectivity index (χ2v) is 10.5. The van der Waals surface area contributed by atoms with Crippen molar-refractivity contribution in [1.82, 2.24) is 10.2 Å². The Morgan fingerprint density at radius 1 is 1.15 bits per heavy atom. The van der Waals surface area contributed by atoms with Crippen LogP contribution < -0.4 is 14.4 Å². The van der Waals surface area contributed by atoms with Crippen molar-refractivity contribution in [2.75, 3.05) is 30.8 Å². The van der Waals surface area contributed by atoms with Crippen molar-refractivity contribution in [3.05, 3.63) is 57.6 Å². The van der Waals surface area contributed by atoms with E-state index in [-0.39, 0.29) is 18.1 Å². The van der Waals surface area contributed by atoms with Gasteiger partial charge in [0.05, 0.1) is 19.1 Å². The molecule has 0 heterocycles. The van der Waals surface area contributed by atoms with Crippen LogP contribution in [0.25, 0.3) is 0 Å². The van der Waals surface area contributed by atoms with E-state index in [1.807, 2.05) is 0 Å². The predicted molar refractivity (Wildman–Crippen MR) is 135 cm³/mol. The molecule has 0 bridgehead atoms. The first-order valence-corrected chi connectivity index (χ1v) is 13.1. The number of nitrogens with zero attached hydrogens (tertiary/aromatic N) is 2. The lowest BCUT2D eigenvalue weighted by Gasteiger charge is -2.32. The fraction of sp³-hybridized carbons (Fsp3) is 0.391. The van der Waals surface area contributed by atoms with E-state index < -0.39 is 28.5 Å². The van der Waals surface area contributed by atoms with Crippen molar-refractivity contribution in [3.8, 4) is 5.75 Å². The molecule has 0 saturated heterocycles. The predicted octanol–water partition coefficient (Wildman–Crippen LogP) is 3.63. The van der Waals surface area contributed by atoms with Crippen molar-refractivity contribution in [2.24, 2.45) is 0 Å². The van der Waals surface area contributed by atoms with Gasteiger partial charge in [-0.3, -0.25) is 13.9 Å². The second kappa shape index (κ2) is 11.8. The van der Waals surface area contributed by atoms with Crippen molar-refractivity contribution < 1.29 is 22.7 Å². The third-order valence-electron chi connectivity index (χ3n) is 5.16. The van der Waals surface area contributed by atoms with Crippen LogP contribution in [0.3, 0.4) is 0 Å². The summed E-state index contributed by atoms with van der Waals surface area (Å²) in [5, 5.41) is 3.45. The van der Waals surface area contributed by atoms with Gasteiger partial charge in [0, 0.05) is 23.1 Å². The molecule has 0 fully saturated rings. The first kappa shape index (κ1) is 27.8. The van der Waals surface area contributed by atoms with Gasteiger partial charge in [-0.2, -0.15) is 0 Å². The lowest BCUT2D eigenvalue weighted by Crippen LogP contribution is -2.51. The summed E-state index contributed by atoms with van der Waals surface area (Å²) in [4.78, 5) is 27.4. The lowest BCUT2D eigenvalue weighted by atomic mass is 10.1. The number of amides is 2. The van der Waals surface area contributed by atoms with E-state index in [2.05, 4.69) is 5.32 Å². The van der Waals surface area contributed by atoms with Gasteiger partial charge in [0.15, 0.2) is 0 Å². The molecule has 2 rings (SSSR count). The zero-order chi connectivity index (χ0) is 25.6. The molecule has 8 nitrogen and oxygen atoms in total. The molecular weight excluding hydrogens is 501 g/mol. The number of anilines is 1. The van der Waals surface area contributed by atoms with E-state index in [9.17, 15) is 18.0 Å². The normalized spacial score (nSPS) is 12.1. The third kappa shape index (κ3) is 7.01. The van der Waals surface area contributed by atoms with E-state index in [4.69, 9.17) is 27.9 Å². The SMILES string of the molecule is CCNC(=O)[C@H](C)N(Cc1ccc(Cl)cc1Cl)C(=O)CN(c1cc(C)ccc1OC)S(C)(=O)=O. The van der Waals surface area contributed by atoms with Gasteiger partial charge in [-0.15, -0.1) is 0 Å². The van der Waals surface area contributed by atoms with Crippen molar-refractivity contribution in [1.29, 1.82) is 0 Å². The summed E-state index contributed by atoms with van der Waals surface area (Å²) in [7, 11) is -2.46. The standard InChI is InChI=1S/C23H29Cl2N3O5S/c1-6-26-23(30)16(3)27(13-17-8-9-18(24)12-19(17)25)22(29)14-28(34(5,31)32)20-11-15(2)7-10-21(20)33-4/h7-12,16H,6,13-14H2,1-5H3,(H,26,30)/t16-/m0/s1. The van der Waals surface area contributed by atoms with Crippen molar-refractivity contribution in [3.63, 3.8) is 0 Å². The average Bonchev–Trinajstić information content (AvgIpc) is 2.75. The summed E-state index contributed by atoms with van der Waals surface area (Å²) in [6.07, 6.45) is 1.01. The van der Waals surface area contributed by atoms with Crippen LogP contribution in [0.15, 0.2) is 36.4 Å². The number of halogens is 2. The number of methoxy groups -OCH3 is 1. The Balaban J connectivity index is 2.49. The zero-order valence-corrected chi connectivity index (χ0v) is 22.1. The van der Waals surface area contributed by atoms with E-state index in [1.165, 1.54) is 18.1 Å². The van der Waals surface area contributed by atoms with Gasteiger partial charge in [-0.05, 0) is 56.2 Å². The molecule has 1 N–H and O–H groups in total. The number of rotatable bonds is 10. The lowest BCUT2D eigenvalue weighted by molar-refractivity contribution is -0.139. The molecule has 1 atom stereocenters. The average molecular weight is 530 g/mol. The van der Waals surface area contributed by atoms with Gasteiger partial charge >= 0.3 is 0 Å². The second-order valence-electron chi connectivity index (χ2n) is 7.77. The van der Waals surface area contributed by atoms with Gasteiger partial charge in [0.25, 0.3) is 0 Å². The summed E-state index contributed by atoms with van der Waals surface area (Å²) >= 11 is 12.3. The van der Waals surface area contributed by atoms with Crippen LogP contribution in [-0.2, 0) is 26.2 Å². The minimum atomic E-state index is -3.88. The van der Waals surface area contributed by atoms with Crippen LogP contribution in [0.1, 0.15) is 25.0 Å². The minimum absolute atomic E-state index is 0.0182. The van der Waals surface area contributed by atoms with E-state index >= 15 is 0 Å². The Morgan fingerprint density at radius 2 is 1.82 bits per heavy atom. The maximum atomic E-state index is 13.5. The molecule has 0 radical (unpaired) electrons. The zero-order valence-electron chi connectivity index (χ0n) is 19.8. The molecule has 11 heteroatoms. The fourth-order valence-corrected chi connectivity index (χ4v) is 4.64. The quantitative estimate of drug-likeness (QED) is 0.506. The van der Waals surface area contributed by atoms with Crippen LogP contribution >= 0.6 is 23.2 Å². The van der Waals surface area contributed by atoms with Gasteiger partial charge < -0.3 is 15.0 Å². The van der Waals surface area contributed by atoms with E-state index in [0.717, 1.165) is 16.1 Å². The molecule has 0 aromatic heterocycles. The number of ether oxygens (including phenoxy) is 1. The summed E-state index contributed by atoms with van der Waals surface area (Å²) in [5.74, 6) is -0.661. The molecule has 186 valence electrons. The molecule has 0 unspecified atom stereocenters. The highest BCUT2D eigenvalue weighted by molar-refractivity contribution is 7.92. The molecule has 2 amide bonds. The van der Waals surface area contributed by atoms with Crippen LogP contribution in [0.4, 0.5) is 5.69 Å². The number of hydrogen-bond acceptors (Lipinski definition) is 5. The van der Waals surface area contributed by atoms with E-state index in [0.29, 0.717) is 27.9 Å². The molecular formula is C23H29Cl2N3O5S. The van der Waals surface area contributed by atoms with E-state index in [1.54, 1.807) is 51.1 Å². The maximum absolute atomic E-state index is 13.5. The number of nitrogens with one attached hydrogen (secondary N) is 1. The summed E-state index contributed by atoms with van der Waals surface area (Å²) in [6, 6.07) is 8.97. The molecule has 0 aliphatic carbocycles. The van der Waals surface area contributed by atoms with Crippen LogP contribution in [0.2, 0.25) is 10.0 Å². The number of carbonyl (C=O) groups is 2. The fourth-order valence-electron chi connectivity index (χ4n) is 3.33. The van der Waals surface area contributed by atoms with Gasteiger partial charge in [0.2, 0.25) is 21.8 Å². The molecule has 0 saturated carbocycles. The highest BCUT2D eigenvalue weighted by atomic mass is 35.5. The van der Waals surface area contributed by atoms with Crippen molar-refractivity contribution in [2.45, 2.75) is 33.4 Å². The Hall–Kier alpha value is -2.49. The van der Waals surface area contributed by atoms with Crippen LogP contribution in [-0.4, -0.2) is 57.6 Å². The van der Waals surface area contributed by atoms with Gasteiger partial charge in [-0.25, -0.2) is 8.42 Å². The molecule has 0 aliphatic heterocycles. The number of aryl methyl sites for hydroxylation is 1. The number of sulfonamides is 1. The van der Waals surface area contributed by atoms with Crippen LogP contribution in [0, 0.1) is 6.92 Å². The number of carbonyl (C=O) groups excluding carboxylic acids is 2. The Kier molecular flexibility index (Phi) is 9.61. The first-order chi connectivity index (χ1) is 15.9. The largest absolute Gasteiger partial charge is 0.495 e. The Labute approximate surface area is 210 Å². The highest BCUT2D eigenvalue weighted by Gasteiger charge is 2.31. The maximum Gasteiger partial charge on any atom is 0.244 e. The molecule has 2 aromatic rings. The number of likely N-dealkylation sites (N-methyl/N-ethyl adjacent to an activating group) is 1. The topological polar surface area (TPSA) is 96.0 Å². The summed E-state index contributed by atoms with van der Waals surface area (Å²) < 4.78 is 31.7. The monoisotopic (exact) mass is 529 g/mol. The summed E-state index contributed by atoms with van der Waals surface area (Å²) in [5.41, 5.74) is 1.58.